The van der Waals surface area contributed by atoms with Gasteiger partial charge < -0.3 is 15.7 Å². The highest BCUT2D eigenvalue weighted by atomic mass is 32.1. The summed E-state index contributed by atoms with van der Waals surface area (Å²) in [5.41, 5.74) is 10.0. The summed E-state index contributed by atoms with van der Waals surface area (Å²) in [6.45, 7) is 1.54. The summed E-state index contributed by atoms with van der Waals surface area (Å²) in [6.07, 6.45) is 5.08. The molecule has 180 valence electrons. The van der Waals surface area contributed by atoms with Gasteiger partial charge in [-0.2, -0.15) is 0 Å². The van der Waals surface area contributed by atoms with E-state index in [1.54, 1.807) is 30.6 Å². The van der Waals surface area contributed by atoms with Crippen molar-refractivity contribution in [3.05, 3.63) is 127 Å². The van der Waals surface area contributed by atoms with Gasteiger partial charge in [0.05, 0.1) is 0 Å². The average molecular weight is 494 g/mol. The number of aromatic hydroxyl groups is 1. The van der Waals surface area contributed by atoms with Gasteiger partial charge in [0.1, 0.15) is 23.1 Å². The second-order valence-electron chi connectivity index (χ2n) is 8.01. The molecule has 3 N–H and O–H groups in total. The molecular weight excluding hydrogens is 466 g/mol. The van der Waals surface area contributed by atoms with Crippen LogP contribution >= 0.6 is 12.6 Å². The maximum absolute atomic E-state index is 8.84. The molecule has 0 amide bonds. The molecule has 6 nitrogen and oxygen atoms in total. The van der Waals surface area contributed by atoms with Crippen LogP contribution in [0.15, 0.2) is 121 Å². The van der Waals surface area contributed by atoms with Crippen molar-refractivity contribution in [2.45, 2.75) is 18.0 Å². The van der Waals surface area contributed by atoms with E-state index >= 15 is 0 Å². The van der Waals surface area contributed by atoms with Gasteiger partial charge >= 0.3 is 0 Å². The van der Waals surface area contributed by atoms with E-state index in [0.717, 1.165) is 24.5 Å². The van der Waals surface area contributed by atoms with Crippen LogP contribution < -0.4 is 10.6 Å². The normalized spacial score (nSPS) is 10.2. The number of aromatic nitrogens is 3. The lowest BCUT2D eigenvalue weighted by atomic mass is 10.1. The molecule has 3 aromatic carbocycles. The minimum atomic E-state index is 0.232. The fourth-order valence-electron chi connectivity index (χ4n) is 3.59. The van der Waals surface area contributed by atoms with Crippen LogP contribution in [0.2, 0.25) is 0 Å². The number of anilines is 2. The van der Waals surface area contributed by atoms with E-state index in [4.69, 9.17) is 10.8 Å². The van der Waals surface area contributed by atoms with Gasteiger partial charge in [0, 0.05) is 42.1 Å². The molecule has 36 heavy (non-hydrogen) atoms. The van der Waals surface area contributed by atoms with Gasteiger partial charge in [-0.05, 0) is 35.4 Å². The maximum Gasteiger partial charge on any atom is 0.149 e. The highest BCUT2D eigenvalue weighted by Crippen LogP contribution is 2.23. The van der Waals surface area contributed by atoms with E-state index < -0.39 is 0 Å². The molecule has 0 aliphatic rings. The first-order valence-electron chi connectivity index (χ1n) is 11.4. The molecule has 2 heterocycles. The monoisotopic (exact) mass is 493 g/mol. The minimum absolute atomic E-state index is 0.232. The van der Waals surface area contributed by atoms with Crippen LogP contribution in [-0.4, -0.2) is 20.1 Å². The van der Waals surface area contributed by atoms with Crippen LogP contribution in [-0.2, 0) is 13.1 Å². The van der Waals surface area contributed by atoms with Gasteiger partial charge in [-0.1, -0.05) is 72.8 Å². The number of benzene rings is 3. The number of thiol groups is 1. The Kier molecular flexibility index (Phi) is 8.51. The molecule has 0 aliphatic carbocycles. The average Bonchev–Trinajstić information content (AvgIpc) is 2.92. The molecule has 0 bridgehead atoms. The van der Waals surface area contributed by atoms with Crippen LogP contribution in [0.4, 0.5) is 11.6 Å². The lowest BCUT2D eigenvalue weighted by Gasteiger charge is -2.24. The van der Waals surface area contributed by atoms with Crippen molar-refractivity contribution in [3.63, 3.8) is 0 Å². The lowest BCUT2D eigenvalue weighted by molar-refractivity contribution is 0.463. The number of pyridine rings is 1. The van der Waals surface area contributed by atoms with Crippen LogP contribution in [0.25, 0.3) is 11.3 Å². The quantitative estimate of drug-likeness (QED) is 0.251. The van der Waals surface area contributed by atoms with Crippen molar-refractivity contribution in [2.24, 2.45) is 0 Å². The zero-order valence-corrected chi connectivity index (χ0v) is 20.5. The fourth-order valence-corrected chi connectivity index (χ4v) is 3.75. The van der Waals surface area contributed by atoms with Crippen molar-refractivity contribution in [2.75, 3.05) is 10.6 Å². The number of nitrogens with two attached hydrogens (primary N) is 1. The molecule has 0 atom stereocenters. The molecule has 5 rings (SSSR count). The van der Waals surface area contributed by atoms with Crippen molar-refractivity contribution >= 4 is 24.3 Å². The molecule has 0 saturated heterocycles. The summed E-state index contributed by atoms with van der Waals surface area (Å²) in [6, 6.07) is 31.6. The van der Waals surface area contributed by atoms with Gasteiger partial charge in [0.25, 0.3) is 0 Å². The van der Waals surface area contributed by atoms with E-state index in [1.807, 2.05) is 48.7 Å². The van der Waals surface area contributed by atoms with Crippen LogP contribution in [0.3, 0.4) is 0 Å². The van der Waals surface area contributed by atoms with Crippen molar-refractivity contribution in [1.82, 2.24) is 15.0 Å². The Balaban J connectivity index is 0.000000325. The highest BCUT2D eigenvalue weighted by Gasteiger charge is 2.11. The third-order valence-electron chi connectivity index (χ3n) is 5.40. The molecule has 0 aliphatic heterocycles. The molecule has 0 spiro atoms. The van der Waals surface area contributed by atoms with Crippen molar-refractivity contribution in [3.8, 4) is 17.0 Å². The van der Waals surface area contributed by atoms with Gasteiger partial charge in [-0.15, -0.1) is 12.6 Å². The minimum Gasteiger partial charge on any atom is -0.507 e. The van der Waals surface area contributed by atoms with E-state index in [2.05, 4.69) is 68.9 Å². The Labute approximate surface area is 216 Å². The summed E-state index contributed by atoms with van der Waals surface area (Å²) < 4.78 is 0. The van der Waals surface area contributed by atoms with Gasteiger partial charge in [-0.25, -0.2) is 9.97 Å². The predicted octanol–water partition coefficient (Wildman–Crippen LogP) is 6.01. The Morgan fingerprint density at radius 1 is 0.667 bits per heavy atom. The lowest BCUT2D eigenvalue weighted by Crippen LogP contribution is -2.23. The molecule has 0 unspecified atom stereocenters. The molecule has 0 radical (unpaired) electrons. The fraction of sp³-hybridized carbons (Fsp3) is 0.0690. The zero-order valence-electron chi connectivity index (χ0n) is 19.6. The number of phenols is 1. The Morgan fingerprint density at radius 2 is 1.31 bits per heavy atom. The van der Waals surface area contributed by atoms with Gasteiger partial charge in [0.2, 0.25) is 0 Å². The number of nitrogen functional groups attached to an aromatic ring is 1. The number of phenolic OH excluding ortho intramolecular Hbond substituents is 1. The summed E-state index contributed by atoms with van der Waals surface area (Å²) in [4.78, 5) is 15.9. The third-order valence-corrected chi connectivity index (χ3v) is 5.78. The highest BCUT2D eigenvalue weighted by molar-refractivity contribution is 7.80. The van der Waals surface area contributed by atoms with E-state index in [0.29, 0.717) is 16.4 Å². The van der Waals surface area contributed by atoms with E-state index in [9.17, 15) is 0 Å². The Bertz CT molecular complexity index is 1340. The third kappa shape index (κ3) is 6.84. The van der Waals surface area contributed by atoms with E-state index in [1.165, 1.54) is 11.1 Å². The molecule has 0 fully saturated rings. The first kappa shape index (κ1) is 24.8. The summed E-state index contributed by atoms with van der Waals surface area (Å²) in [7, 11) is 0. The summed E-state index contributed by atoms with van der Waals surface area (Å²) in [5, 5.41) is 8.84. The Hall–Kier alpha value is -4.36. The van der Waals surface area contributed by atoms with Gasteiger partial charge in [-0.3, -0.25) is 4.98 Å². The summed E-state index contributed by atoms with van der Waals surface area (Å²) >= 11 is 3.95. The molecule has 5 aromatic rings. The SMILES string of the molecule is Nc1nccnc1-c1ccc(CN(Cc2ccccc2)c2ccccn2)cc1.Oc1ccccc1S. The predicted molar refractivity (Wildman–Crippen MR) is 148 cm³/mol. The van der Waals surface area contributed by atoms with Gasteiger partial charge in [0.15, 0.2) is 0 Å². The number of para-hydroxylation sites is 1. The number of hydrogen-bond donors (Lipinski definition) is 3. The van der Waals surface area contributed by atoms with Crippen molar-refractivity contribution in [1.29, 1.82) is 0 Å². The first-order valence-corrected chi connectivity index (χ1v) is 11.9. The molecule has 2 aromatic heterocycles. The van der Waals surface area contributed by atoms with Crippen LogP contribution in [0.5, 0.6) is 5.75 Å². The molecular formula is C29H27N5OS. The standard InChI is InChI=1S/C23H21N5.C6H6OS/c24-23-22(26-14-15-27-23)20-11-9-19(10-12-20)17-28(21-8-4-5-13-25-21)16-18-6-2-1-3-7-18;7-5-3-1-2-4-6(5)8/h1-15H,16-17H2,(H2,24,27);1-4,7-8H. The second kappa shape index (κ2) is 12.4. The zero-order chi connectivity index (χ0) is 25.2. The number of rotatable bonds is 6. The topological polar surface area (TPSA) is 88.2 Å². The smallest absolute Gasteiger partial charge is 0.149 e. The van der Waals surface area contributed by atoms with E-state index in [-0.39, 0.29) is 5.75 Å². The summed E-state index contributed by atoms with van der Waals surface area (Å²) in [5.74, 6) is 1.62. The van der Waals surface area contributed by atoms with Crippen molar-refractivity contribution < 1.29 is 5.11 Å². The maximum atomic E-state index is 8.84. The molecule has 0 saturated carbocycles. The number of nitrogens with zero attached hydrogens (tertiary/aromatic N) is 4. The van der Waals surface area contributed by atoms with Crippen LogP contribution in [0, 0.1) is 0 Å². The Morgan fingerprint density at radius 3 is 1.92 bits per heavy atom. The van der Waals surface area contributed by atoms with Crippen LogP contribution in [0.1, 0.15) is 11.1 Å². The second-order valence-corrected chi connectivity index (χ2v) is 8.49. The molecule has 7 heteroatoms. The largest absolute Gasteiger partial charge is 0.507 e. The number of hydrogen-bond acceptors (Lipinski definition) is 7. The first-order chi connectivity index (χ1) is 17.6.